The van der Waals surface area contributed by atoms with Crippen LogP contribution in [0.4, 0.5) is 15.1 Å². The second kappa shape index (κ2) is 9.66. The SMILES string of the molecule is CCOC(=O)N1CCC(c2nc(-c3ccc(F)c(C)c3)c(-c3ccnc(NC4CC4)n3)s2)CC1. The maximum Gasteiger partial charge on any atom is 0.409 e. The zero-order valence-corrected chi connectivity index (χ0v) is 20.2. The van der Waals surface area contributed by atoms with Crippen LogP contribution in [0.3, 0.4) is 0 Å². The van der Waals surface area contributed by atoms with Gasteiger partial charge in [0, 0.05) is 36.8 Å². The highest BCUT2D eigenvalue weighted by molar-refractivity contribution is 7.15. The van der Waals surface area contributed by atoms with Crippen molar-refractivity contribution in [1.82, 2.24) is 19.9 Å². The van der Waals surface area contributed by atoms with E-state index >= 15 is 0 Å². The summed E-state index contributed by atoms with van der Waals surface area (Å²) in [5.41, 5.74) is 3.07. The number of hydrogen-bond donors (Lipinski definition) is 1. The molecule has 3 heterocycles. The summed E-state index contributed by atoms with van der Waals surface area (Å²) in [5.74, 6) is 0.639. The number of benzene rings is 1. The number of hydrogen-bond acceptors (Lipinski definition) is 7. The maximum atomic E-state index is 14.0. The van der Waals surface area contributed by atoms with Gasteiger partial charge in [-0.1, -0.05) is 0 Å². The van der Waals surface area contributed by atoms with Gasteiger partial charge in [-0.3, -0.25) is 0 Å². The molecule has 5 rings (SSSR count). The highest BCUT2D eigenvalue weighted by atomic mass is 32.1. The third kappa shape index (κ3) is 4.89. The number of ether oxygens (including phenoxy) is 1. The molecule has 1 aromatic carbocycles. The molecule has 2 aliphatic rings. The van der Waals surface area contributed by atoms with Crippen LogP contribution in [0.5, 0.6) is 0 Å². The Hall–Kier alpha value is -3.07. The fourth-order valence-electron chi connectivity index (χ4n) is 4.16. The first-order valence-electron chi connectivity index (χ1n) is 11.8. The van der Waals surface area contributed by atoms with Crippen molar-refractivity contribution in [2.24, 2.45) is 0 Å². The lowest BCUT2D eigenvalue weighted by molar-refractivity contribution is 0.0970. The summed E-state index contributed by atoms with van der Waals surface area (Å²) in [6, 6.07) is 7.46. The number of anilines is 1. The number of aromatic nitrogens is 3. The Morgan fingerprint density at radius 1 is 1.21 bits per heavy atom. The molecule has 0 spiro atoms. The summed E-state index contributed by atoms with van der Waals surface area (Å²) in [6.45, 7) is 5.25. The average molecular weight is 482 g/mol. The number of nitrogens with one attached hydrogen (secondary N) is 1. The molecule has 0 atom stereocenters. The smallest absolute Gasteiger partial charge is 0.409 e. The van der Waals surface area contributed by atoms with Gasteiger partial charge in [-0.15, -0.1) is 11.3 Å². The molecule has 1 aliphatic carbocycles. The quantitative estimate of drug-likeness (QED) is 0.492. The third-order valence-corrected chi connectivity index (χ3v) is 7.48. The Kier molecular flexibility index (Phi) is 6.45. The van der Waals surface area contributed by atoms with Crippen molar-refractivity contribution in [3.63, 3.8) is 0 Å². The van der Waals surface area contributed by atoms with E-state index in [9.17, 15) is 9.18 Å². The van der Waals surface area contributed by atoms with Crippen LogP contribution < -0.4 is 5.32 Å². The van der Waals surface area contributed by atoms with E-state index in [0.717, 1.165) is 52.5 Å². The van der Waals surface area contributed by atoms with Crippen molar-refractivity contribution in [2.45, 2.75) is 51.5 Å². The monoisotopic (exact) mass is 481 g/mol. The van der Waals surface area contributed by atoms with Gasteiger partial charge in [-0.2, -0.15) is 0 Å². The number of aryl methyl sites for hydroxylation is 1. The number of nitrogens with zero attached hydrogens (tertiary/aromatic N) is 4. The van der Waals surface area contributed by atoms with Gasteiger partial charge >= 0.3 is 6.09 Å². The largest absolute Gasteiger partial charge is 0.450 e. The van der Waals surface area contributed by atoms with E-state index in [0.29, 0.717) is 37.3 Å². The Balaban J connectivity index is 1.46. The van der Waals surface area contributed by atoms with Gasteiger partial charge < -0.3 is 15.0 Å². The van der Waals surface area contributed by atoms with Crippen molar-refractivity contribution >= 4 is 23.4 Å². The summed E-state index contributed by atoms with van der Waals surface area (Å²) in [7, 11) is 0. The lowest BCUT2D eigenvalue weighted by Crippen LogP contribution is -2.38. The van der Waals surface area contributed by atoms with Crippen LogP contribution in [0.1, 0.15) is 49.1 Å². The van der Waals surface area contributed by atoms with Crippen molar-refractivity contribution in [1.29, 1.82) is 0 Å². The van der Waals surface area contributed by atoms with E-state index in [2.05, 4.69) is 10.3 Å². The van der Waals surface area contributed by atoms with Gasteiger partial charge in [0.15, 0.2) is 0 Å². The summed E-state index contributed by atoms with van der Waals surface area (Å²) >= 11 is 1.63. The number of piperidine rings is 1. The molecule has 2 aromatic heterocycles. The summed E-state index contributed by atoms with van der Waals surface area (Å²) in [4.78, 5) is 29.0. The number of rotatable bonds is 6. The molecular weight excluding hydrogens is 453 g/mol. The van der Waals surface area contributed by atoms with Crippen LogP contribution in [0.25, 0.3) is 21.8 Å². The molecular formula is C25H28FN5O2S. The fourth-order valence-corrected chi connectivity index (χ4v) is 5.39. The van der Waals surface area contributed by atoms with Crippen LogP contribution in [0.15, 0.2) is 30.5 Å². The Bertz CT molecular complexity index is 1190. The molecule has 1 aliphatic heterocycles. The van der Waals surface area contributed by atoms with E-state index in [-0.39, 0.29) is 17.8 Å². The first-order chi connectivity index (χ1) is 16.5. The Morgan fingerprint density at radius 3 is 2.71 bits per heavy atom. The van der Waals surface area contributed by atoms with E-state index in [1.165, 1.54) is 6.07 Å². The van der Waals surface area contributed by atoms with Crippen molar-refractivity contribution in [2.75, 3.05) is 25.0 Å². The first-order valence-corrected chi connectivity index (χ1v) is 12.6. The van der Waals surface area contributed by atoms with Crippen LogP contribution in [0, 0.1) is 12.7 Å². The van der Waals surface area contributed by atoms with Crippen molar-refractivity contribution in [3.05, 3.63) is 46.9 Å². The summed E-state index contributed by atoms with van der Waals surface area (Å²) in [5, 5.41) is 4.38. The minimum Gasteiger partial charge on any atom is -0.450 e. The van der Waals surface area contributed by atoms with E-state index in [1.807, 2.05) is 19.1 Å². The van der Waals surface area contributed by atoms with Crippen LogP contribution in [-0.4, -0.2) is 51.7 Å². The number of carbonyl (C=O) groups is 1. The van der Waals surface area contributed by atoms with Gasteiger partial charge in [0.2, 0.25) is 5.95 Å². The van der Waals surface area contributed by atoms with Crippen molar-refractivity contribution < 1.29 is 13.9 Å². The minimum absolute atomic E-state index is 0.231. The molecule has 1 amide bonds. The molecule has 9 heteroatoms. The summed E-state index contributed by atoms with van der Waals surface area (Å²) in [6.07, 6.45) is 5.45. The zero-order chi connectivity index (χ0) is 23.7. The third-order valence-electron chi connectivity index (χ3n) is 6.24. The number of amides is 1. The molecule has 1 saturated carbocycles. The maximum absolute atomic E-state index is 14.0. The molecule has 34 heavy (non-hydrogen) atoms. The fraction of sp³-hybridized carbons (Fsp3) is 0.440. The number of carbonyl (C=O) groups excluding carboxylic acids is 1. The Labute approximate surface area is 202 Å². The molecule has 7 nitrogen and oxygen atoms in total. The second-order valence-corrected chi connectivity index (χ2v) is 9.87. The van der Waals surface area contributed by atoms with Gasteiger partial charge in [-0.05, 0) is 69.4 Å². The van der Waals surface area contributed by atoms with Gasteiger partial charge in [0.1, 0.15) is 5.82 Å². The number of thiazole rings is 1. The lowest BCUT2D eigenvalue weighted by atomic mass is 9.98. The number of likely N-dealkylation sites (tertiary alicyclic amines) is 1. The Morgan fingerprint density at radius 2 is 2.00 bits per heavy atom. The second-order valence-electron chi connectivity index (χ2n) is 8.84. The van der Waals surface area contributed by atoms with E-state index in [4.69, 9.17) is 14.7 Å². The lowest BCUT2D eigenvalue weighted by Gasteiger charge is -2.30. The molecule has 3 aromatic rings. The molecule has 1 saturated heterocycles. The topological polar surface area (TPSA) is 80.2 Å². The predicted octanol–water partition coefficient (Wildman–Crippen LogP) is 5.62. The minimum atomic E-state index is -0.250. The normalized spacial score (nSPS) is 16.5. The molecule has 2 fully saturated rings. The van der Waals surface area contributed by atoms with Gasteiger partial charge in [-0.25, -0.2) is 24.1 Å². The standard InChI is InChI=1S/C25H28FN5O2S/c1-3-33-25(32)31-12-9-16(10-13-31)23-30-21(17-4-7-19(26)15(2)14-17)22(34-23)20-8-11-27-24(29-20)28-18-5-6-18/h4,7-8,11,14,16,18H,3,5-6,9-10,12-13H2,1-2H3,(H,27,28,29). The molecule has 0 unspecified atom stereocenters. The highest BCUT2D eigenvalue weighted by Gasteiger charge is 2.29. The summed E-state index contributed by atoms with van der Waals surface area (Å²) < 4.78 is 19.1. The predicted molar refractivity (Wildman–Crippen MR) is 130 cm³/mol. The zero-order valence-electron chi connectivity index (χ0n) is 19.4. The van der Waals surface area contributed by atoms with Gasteiger partial charge in [0.05, 0.1) is 27.9 Å². The molecule has 1 N–H and O–H groups in total. The average Bonchev–Trinajstić information content (AvgIpc) is 3.55. The van der Waals surface area contributed by atoms with Crippen LogP contribution >= 0.6 is 11.3 Å². The van der Waals surface area contributed by atoms with Crippen LogP contribution in [-0.2, 0) is 4.74 Å². The first kappa shape index (κ1) is 22.7. The molecule has 178 valence electrons. The van der Waals surface area contributed by atoms with Gasteiger partial charge in [0.25, 0.3) is 0 Å². The van der Waals surface area contributed by atoms with Crippen molar-refractivity contribution in [3.8, 4) is 21.8 Å². The number of halogens is 1. The molecule has 0 radical (unpaired) electrons. The molecule has 0 bridgehead atoms. The van der Waals surface area contributed by atoms with E-state index in [1.54, 1.807) is 35.4 Å². The van der Waals surface area contributed by atoms with E-state index < -0.39 is 0 Å². The highest BCUT2D eigenvalue weighted by Crippen LogP contribution is 2.41. The van der Waals surface area contributed by atoms with Crippen LogP contribution in [0.2, 0.25) is 0 Å².